The number of amides is 1. The molecule has 2 N–H and O–H groups in total. The maximum Gasteiger partial charge on any atom is 0.257 e. The highest BCUT2D eigenvalue weighted by Crippen LogP contribution is 2.16. The fraction of sp³-hybridized carbons (Fsp3) is 0.385. The molecule has 21 heavy (non-hydrogen) atoms. The minimum absolute atomic E-state index is 0.200. The van der Waals surface area contributed by atoms with E-state index in [1.807, 2.05) is 6.92 Å². The third-order valence-electron chi connectivity index (χ3n) is 2.83. The summed E-state index contributed by atoms with van der Waals surface area (Å²) in [5.41, 5.74) is 0.200. The van der Waals surface area contributed by atoms with Crippen LogP contribution in [0.15, 0.2) is 18.6 Å². The van der Waals surface area contributed by atoms with Gasteiger partial charge in [0.05, 0.1) is 18.3 Å². The average Bonchev–Trinajstić information content (AvgIpc) is 2.98. The second kappa shape index (κ2) is 6.78. The quantitative estimate of drug-likeness (QED) is 0.841. The first-order chi connectivity index (χ1) is 10.1. The Morgan fingerprint density at radius 3 is 2.95 bits per heavy atom. The molecule has 0 saturated carbocycles. The molecule has 0 aliphatic carbocycles. The number of aromatic nitrogens is 4. The summed E-state index contributed by atoms with van der Waals surface area (Å²) in [6, 6.07) is 1.18. The van der Waals surface area contributed by atoms with Gasteiger partial charge in [0.2, 0.25) is 0 Å². The van der Waals surface area contributed by atoms with E-state index in [1.54, 1.807) is 7.05 Å². The molecule has 2 aromatic heterocycles. The summed E-state index contributed by atoms with van der Waals surface area (Å²) in [5.74, 6) is 0.0522. The lowest BCUT2D eigenvalue weighted by molar-refractivity contribution is 0.0781. The number of carbonyl (C=O) groups excluding carboxylic acids is 1. The Labute approximate surface area is 121 Å². The lowest BCUT2D eigenvalue weighted by atomic mass is 10.2. The molecule has 2 aromatic rings. The predicted molar refractivity (Wildman–Crippen MR) is 75.2 cm³/mol. The van der Waals surface area contributed by atoms with Crippen LogP contribution in [0.3, 0.4) is 0 Å². The minimum atomic E-state index is -0.548. The van der Waals surface area contributed by atoms with Crippen LogP contribution in [0, 0.1) is 5.82 Å². The lowest BCUT2D eigenvalue weighted by Gasteiger charge is -2.17. The first-order valence-electron chi connectivity index (χ1n) is 6.61. The van der Waals surface area contributed by atoms with E-state index in [2.05, 4.69) is 25.5 Å². The van der Waals surface area contributed by atoms with Crippen LogP contribution in [0.5, 0.6) is 0 Å². The number of aromatic amines is 1. The summed E-state index contributed by atoms with van der Waals surface area (Å²) < 4.78 is 13.4. The van der Waals surface area contributed by atoms with Crippen LogP contribution in [0.1, 0.15) is 29.5 Å². The summed E-state index contributed by atoms with van der Waals surface area (Å²) in [6.45, 7) is 2.90. The molecular formula is C13H17FN6O. The standard InChI is InChI=1S/C13H17FN6O/c1-3-4-15-12-10(5-9(14)6-16-12)13(21)20(2)7-11-17-8-18-19-11/h5-6,8H,3-4,7H2,1-2H3,(H,15,16)(H,17,18,19). The van der Waals surface area contributed by atoms with Gasteiger partial charge >= 0.3 is 0 Å². The van der Waals surface area contributed by atoms with E-state index in [4.69, 9.17) is 0 Å². The van der Waals surface area contributed by atoms with E-state index in [0.29, 0.717) is 18.2 Å². The predicted octanol–water partition coefficient (Wildman–Crippen LogP) is 1.43. The molecule has 7 nitrogen and oxygen atoms in total. The number of hydrogen-bond donors (Lipinski definition) is 2. The summed E-state index contributed by atoms with van der Waals surface area (Å²) in [6.07, 6.45) is 3.33. The Balaban J connectivity index is 2.18. The molecule has 2 rings (SSSR count). The third-order valence-corrected chi connectivity index (χ3v) is 2.83. The molecule has 0 fully saturated rings. The Kier molecular flexibility index (Phi) is 4.81. The van der Waals surface area contributed by atoms with E-state index in [9.17, 15) is 9.18 Å². The van der Waals surface area contributed by atoms with Crippen molar-refractivity contribution in [1.82, 2.24) is 25.1 Å². The van der Waals surface area contributed by atoms with Gasteiger partial charge in [0.25, 0.3) is 5.91 Å². The second-order valence-electron chi connectivity index (χ2n) is 4.57. The molecular weight excluding hydrogens is 275 g/mol. The number of anilines is 1. The molecule has 8 heteroatoms. The number of carbonyl (C=O) groups is 1. The maximum atomic E-state index is 13.4. The first-order valence-corrected chi connectivity index (χ1v) is 6.61. The third kappa shape index (κ3) is 3.74. The second-order valence-corrected chi connectivity index (χ2v) is 4.57. The van der Waals surface area contributed by atoms with Crippen LogP contribution in [0.2, 0.25) is 0 Å². The van der Waals surface area contributed by atoms with E-state index in [0.717, 1.165) is 12.6 Å². The van der Waals surface area contributed by atoms with Crippen LogP contribution < -0.4 is 5.32 Å². The molecule has 0 aliphatic heterocycles. The smallest absolute Gasteiger partial charge is 0.257 e. The zero-order valence-electron chi connectivity index (χ0n) is 11.9. The molecule has 0 saturated heterocycles. The lowest BCUT2D eigenvalue weighted by Crippen LogP contribution is -2.28. The first kappa shape index (κ1) is 14.9. The van der Waals surface area contributed by atoms with Crippen LogP contribution in [0.25, 0.3) is 0 Å². The van der Waals surface area contributed by atoms with Gasteiger partial charge in [0, 0.05) is 13.6 Å². The topological polar surface area (TPSA) is 86.8 Å². The molecule has 1 amide bonds. The van der Waals surface area contributed by atoms with E-state index < -0.39 is 5.82 Å². The molecule has 0 radical (unpaired) electrons. The van der Waals surface area contributed by atoms with Crippen molar-refractivity contribution in [3.05, 3.63) is 35.8 Å². The van der Waals surface area contributed by atoms with Crippen molar-refractivity contribution < 1.29 is 9.18 Å². The van der Waals surface area contributed by atoms with Crippen LogP contribution in [-0.4, -0.2) is 44.6 Å². The van der Waals surface area contributed by atoms with E-state index in [-0.39, 0.29) is 18.0 Å². The van der Waals surface area contributed by atoms with Crippen LogP contribution in [0.4, 0.5) is 10.2 Å². The fourth-order valence-electron chi connectivity index (χ4n) is 1.80. The molecule has 112 valence electrons. The highest BCUT2D eigenvalue weighted by Gasteiger charge is 2.18. The van der Waals surface area contributed by atoms with Crippen molar-refractivity contribution >= 4 is 11.7 Å². The number of H-pyrrole nitrogens is 1. The summed E-state index contributed by atoms with van der Waals surface area (Å²) in [4.78, 5) is 21.8. The van der Waals surface area contributed by atoms with Gasteiger partial charge in [-0.05, 0) is 12.5 Å². The van der Waals surface area contributed by atoms with Crippen LogP contribution in [-0.2, 0) is 6.54 Å². The Hall–Kier alpha value is -2.51. The molecule has 0 atom stereocenters. The Morgan fingerprint density at radius 2 is 2.29 bits per heavy atom. The minimum Gasteiger partial charge on any atom is -0.369 e. The zero-order chi connectivity index (χ0) is 15.2. The number of rotatable bonds is 6. The van der Waals surface area contributed by atoms with E-state index in [1.165, 1.54) is 17.3 Å². The summed E-state index contributed by atoms with van der Waals surface area (Å²) in [7, 11) is 1.61. The molecule has 0 aromatic carbocycles. The largest absolute Gasteiger partial charge is 0.369 e. The molecule has 0 spiro atoms. The van der Waals surface area contributed by atoms with E-state index >= 15 is 0 Å². The fourth-order valence-corrected chi connectivity index (χ4v) is 1.80. The van der Waals surface area contributed by atoms with Gasteiger partial charge in [-0.25, -0.2) is 14.4 Å². The molecule has 0 unspecified atom stereocenters. The van der Waals surface area contributed by atoms with Crippen molar-refractivity contribution in [3.8, 4) is 0 Å². The van der Waals surface area contributed by atoms with Gasteiger partial charge < -0.3 is 10.2 Å². The number of nitrogens with zero attached hydrogens (tertiary/aromatic N) is 4. The highest BCUT2D eigenvalue weighted by atomic mass is 19.1. The SMILES string of the molecule is CCCNc1ncc(F)cc1C(=O)N(C)Cc1ncn[nH]1. The maximum absolute atomic E-state index is 13.4. The monoisotopic (exact) mass is 292 g/mol. The number of nitrogens with one attached hydrogen (secondary N) is 2. The van der Waals surface area contributed by atoms with Crippen molar-refractivity contribution in [2.75, 3.05) is 18.9 Å². The normalized spacial score (nSPS) is 10.4. The van der Waals surface area contributed by atoms with Gasteiger partial charge in [-0.3, -0.25) is 9.89 Å². The van der Waals surface area contributed by atoms with Gasteiger partial charge in [0.15, 0.2) is 0 Å². The van der Waals surface area contributed by atoms with Gasteiger partial charge in [0.1, 0.15) is 23.8 Å². The Bertz CT molecular complexity index is 601. The van der Waals surface area contributed by atoms with Crippen molar-refractivity contribution in [2.45, 2.75) is 19.9 Å². The summed E-state index contributed by atoms with van der Waals surface area (Å²) in [5, 5.41) is 9.42. The summed E-state index contributed by atoms with van der Waals surface area (Å²) >= 11 is 0. The van der Waals surface area contributed by atoms with Crippen molar-refractivity contribution in [1.29, 1.82) is 0 Å². The highest BCUT2D eigenvalue weighted by molar-refractivity contribution is 5.98. The van der Waals surface area contributed by atoms with Gasteiger partial charge in [-0.15, -0.1) is 0 Å². The Morgan fingerprint density at radius 1 is 1.48 bits per heavy atom. The number of halogens is 1. The van der Waals surface area contributed by atoms with Gasteiger partial charge in [-0.1, -0.05) is 6.92 Å². The molecule has 2 heterocycles. The van der Waals surface area contributed by atoms with Crippen LogP contribution >= 0.6 is 0 Å². The van der Waals surface area contributed by atoms with Gasteiger partial charge in [-0.2, -0.15) is 5.10 Å². The van der Waals surface area contributed by atoms with Crippen molar-refractivity contribution in [3.63, 3.8) is 0 Å². The molecule has 0 aliphatic rings. The number of hydrogen-bond acceptors (Lipinski definition) is 5. The van der Waals surface area contributed by atoms with Crippen molar-refractivity contribution in [2.24, 2.45) is 0 Å². The average molecular weight is 292 g/mol. The zero-order valence-corrected chi connectivity index (χ0v) is 11.9. The number of pyridine rings is 1. The molecule has 0 bridgehead atoms.